The number of nitrogens with one attached hydrogen (secondary N) is 1. The van der Waals surface area contributed by atoms with E-state index in [9.17, 15) is 14.4 Å². The number of hydrogen-bond acceptors (Lipinski definition) is 5. The van der Waals surface area contributed by atoms with Gasteiger partial charge in [0.25, 0.3) is 5.91 Å². The molecule has 8 heteroatoms. The molecule has 8 nitrogen and oxygen atoms in total. The third-order valence-corrected chi connectivity index (χ3v) is 4.56. The molecule has 0 bridgehead atoms. The van der Waals surface area contributed by atoms with Crippen molar-refractivity contribution in [3.05, 3.63) is 42.1 Å². The highest BCUT2D eigenvalue weighted by Gasteiger charge is 2.30. The van der Waals surface area contributed by atoms with Gasteiger partial charge in [0.15, 0.2) is 5.69 Å². The third-order valence-electron chi connectivity index (χ3n) is 4.56. The van der Waals surface area contributed by atoms with Gasteiger partial charge in [-0.1, -0.05) is 6.58 Å². The molecule has 1 atom stereocenters. The van der Waals surface area contributed by atoms with Crippen LogP contribution in [0.3, 0.4) is 0 Å². The topological polar surface area (TPSA) is 95.6 Å². The summed E-state index contributed by atoms with van der Waals surface area (Å²) in [6.07, 6.45) is 1.28. The lowest BCUT2D eigenvalue weighted by molar-refractivity contribution is -0.128. The molecular formula is C18H20N4O4. The van der Waals surface area contributed by atoms with E-state index in [0.717, 1.165) is 0 Å². The van der Waals surface area contributed by atoms with Crippen LogP contribution in [0.15, 0.2) is 30.9 Å². The van der Waals surface area contributed by atoms with Crippen LogP contribution in [0.25, 0.3) is 10.9 Å². The predicted molar refractivity (Wildman–Crippen MR) is 94.7 cm³/mol. The molecule has 1 fully saturated rings. The Labute approximate surface area is 150 Å². The summed E-state index contributed by atoms with van der Waals surface area (Å²) in [6.45, 7) is 6.75. The van der Waals surface area contributed by atoms with Gasteiger partial charge >= 0.3 is 5.97 Å². The van der Waals surface area contributed by atoms with Crippen LogP contribution in [-0.4, -0.2) is 70.6 Å². The number of piperazine rings is 1. The lowest BCUT2D eigenvalue weighted by atomic mass is 10.1. The SMILES string of the molecule is C=CC(=O)N1CCN(C(=O)c2ccc3[nH]nc(C(=O)OC)c3c2)[C@@H](C)C1. The number of H-pyrrole nitrogens is 1. The quantitative estimate of drug-likeness (QED) is 0.659. The van der Waals surface area contributed by atoms with Crippen molar-refractivity contribution in [2.75, 3.05) is 26.7 Å². The number of benzene rings is 1. The number of esters is 1. The molecule has 0 unspecified atom stereocenters. The minimum Gasteiger partial charge on any atom is -0.464 e. The maximum atomic E-state index is 12.9. The Morgan fingerprint density at radius 2 is 2.12 bits per heavy atom. The van der Waals surface area contributed by atoms with Gasteiger partial charge in [0.2, 0.25) is 5.91 Å². The molecule has 26 heavy (non-hydrogen) atoms. The van der Waals surface area contributed by atoms with Gasteiger partial charge in [-0.05, 0) is 31.2 Å². The monoisotopic (exact) mass is 356 g/mol. The minimum atomic E-state index is -0.564. The number of methoxy groups -OCH3 is 1. The largest absolute Gasteiger partial charge is 0.464 e. The van der Waals surface area contributed by atoms with Gasteiger partial charge in [0.05, 0.1) is 12.6 Å². The summed E-state index contributed by atoms with van der Waals surface area (Å²) in [5.41, 5.74) is 1.25. The fraction of sp³-hybridized carbons (Fsp3) is 0.333. The van der Waals surface area contributed by atoms with Crippen LogP contribution in [0.2, 0.25) is 0 Å². The highest BCUT2D eigenvalue weighted by molar-refractivity contribution is 6.05. The fourth-order valence-electron chi connectivity index (χ4n) is 3.15. The molecular weight excluding hydrogens is 336 g/mol. The average molecular weight is 356 g/mol. The van der Waals surface area contributed by atoms with Crippen LogP contribution in [0.5, 0.6) is 0 Å². The molecule has 136 valence electrons. The summed E-state index contributed by atoms with van der Waals surface area (Å²) < 4.78 is 4.72. The van der Waals surface area contributed by atoms with Crippen molar-refractivity contribution in [3.63, 3.8) is 0 Å². The molecule has 2 amide bonds. The zero-order chi connectivity index (χ0) is 18.8. The molecule has 0 aliphatic carbocycles. The number of aromatic nitrogens is 2. The Balaban J connectivity index is 1.85. The number of nitrogens with zero attached hydrogens (tertiary/aromatic N) is 3. The molecule has 1 aliphatic heterocycles. The summed E-state index contributed by atoms with van der Waals surface area (Å²) in [4.78, 5) is 39.9. The van der Waals surface area contributed by atoms with E-state index < -0.39 is 5.97 Å². The van der Waals surface area contributed by atoms with E-state index in [-0.39, 0.29) is 23.6 Å². The van der Waals surface area contributed by atoms with Crippen molar-refractivity contribution in [1.29, 1.82) is 0 Å². The van der Waals surface area contributed by atoms with E-state index in [4.69, 9.17) is 4.74 Å². The highest BCUT2D eigenvalue weighted by atomic mass is 16.5. The third kappa shape index (κ3) is 3.05. The maximum absolute atomic E-state index is 12.9. The van der Waals surface area contributed by atoms with Gasteiger partial charge < -0.3 is 14.5 Å². The average Bonchev–Trinajstić information content (AvgIpc) is 3.09. The lowest BCUT2D eigenvalue weighted by Gasteiger charge is -2.39. The van der Waals surface area contributed by atoms with Crippen molar-refractivity contribution in [2.24, 2.45) is 0 Å². The predicted octanol–water partition coefficient (Wildman–Crippen LogP) is 1.21. The first-order chi connectivity index (χ1) is 12.5. The number of fused-ring (bicyclic) bond motifs is 1. The lowest BCUT2D eigenvalue weighted by Crippen LogP contribution is -2.55. The molecule has 1 N–H and O–H groups in total. The van der Waals surface area contributed by atoms with E-state index in [1.807, 2.05) is 6.92 Å². The van der Waals surface area contributed by atoms with E-state index in [0.29, 0.717) is 36.1 Å². The smallest absolute Gasteiger partial charge is 0.359 e. The summed E-state index contributed by atoms with van der Waals surface area (Å²) in [7, 11) is 1.28. The zero-order valence-corrected chi connectivity index (χ0v) is 14.7. The van der Waals surface area contributed by atoms with E-state index in [1.165, 1.54) is 13.2 Å². The molecule has 1 aromatic carbocycles. The molecule has 2 heterocycles. The Bertz CT molecular complexity index is 888. The van der Waals surface area contributed by atoms with Gasteiger partial charge in [-0.25, -0.2) is 4.79 Å². The van der Waals surface area contributed by atoms with Crippen molar-refractivity contribution in [1.82, 2.24) is 20.0 Å². The summed E-state index contributed by atoms with van der Waals surface area (Å²) in [6, 6.07) is 4.92. The molecule has 1 aromatic heterocycles. The standard InChI is InChI=1S/C18H20N4O4/c1-4-15(23)21-7-8-22(11(2)10-21)17(24)12-5-6-14-13(9-12)16(20-19-14)18(25)26-3/h4-6,9,11H,1,7-8,10H2,2-3H3,(H,19,20)/t11-/m0/s1. The van der Waals surface area contributed by atoms with Crippen LogP contribution in [0.4, 0.5) is 0 Å². The molecule has 2 aromatic rings. The number of carbonyl (C=O) groups is 3. The summed E-state index contributed by atoms with van der Waals surface area (Å²) >= 11 is 0. The molecule has 0 spiro atoms. The minimum absolute atomic E-state index is 0.125. The van der Waals surface area contributed by atoms with Crippen LogP contribution in [-0.2, 0) is 9.53 Å². The number of hydrogen-bond donors (Lipinski definition) is 1. The van der Waals surface area contributed by atoms with Crippen LogP contribution < -0.4 is 0 Å². The second-order valence-electron chi connectivity index (χ2n) is 6.16. The number of aromatic amines is 1. The molecule has 1 saturated heterocycles. The molecule has 0 saturated carbocycles. The molecule has 1 aliphatic rings. The molecule has 3 rings (SSSR count). The molecule has 0 radical (unpaired) electrons. The van der Waals surface area contributed by atoms with Crippen molar-refractivity contribution in [2.45, 2.75) is 13.0 Å². The van der Waals surface area contributed by atoms with Gasteiger partial charge in [-0.3, -0.25) is 14.7 Å². The Morgan fingerprint density at radius 3 is 2.77 bits per heavy atom. The van der Waals surface area contributed by atoms with E-state index >= 15 is 0 Å². The number of rotatable bonds is 3. The van der Waals surface area contributed by atoms with Crippen LogP contribution >= 0.6 is 0 Å². The summed E-state index contributed by atoms with van der Waals surface area (Å²) in [5.74, 6) is -0.848. The van der Waals surface area contributed by atoms with Crippen LogP contribution in [0.1, 0.15) is 27.8 Å². The van der Waals surface area contributed by atoms with E-state index in [1.54, 1.807) is 28.0 Å². The Kier molecular flexibility index (Phi) is 4.75. The fourth-order valence-corrected chi connectivity index (χ4v) is 3.15. The Morgan fingerprint density at radius 1 is 1.35 bits per heavy atom. The maximum Gasteiger partial charge on any atom is 0.359 e. The first-order valence-electron chi connectivity index (χ1n) is 8.25. The normalized spacial score (nSPS) is 17.2. The van der Waals surface area contributed by atoms with Gasteiger partial charge in [0, 0.05) is 36.6 Å². The van der Waals surface area contributed by atoms with Crippen molar-refractivity contribution >= 4 is 28.7 Å². The first kappa shape index (κ1) is 17.7. The number of carbonyl (C=O) groups excluding carboxylic acids is 3. The van der Waals surface area contributed by atoms with Gasteiger partial charge in [-0.15, -0.1) is 0 Å². The van der Waals surface area contributed by atoms with E-state index in [2.05, 4.69) is 16.8 Å². The van der Waals surface area contributed by atoms with Crippen molar-refractivity contribution in [3.8, 4) is 0 Å². The van der Waals surface area contributed by atoms with Crippen molar-refractivity contribution < 1.29 is 19.1 Å². The van der Waals surface area contributed by atoms with Crippen LogP contribution in [0, 0.1) is 0 Å². The highest BCUT2D eigenvalue weighted by Crippen LogP contribution is 2.21. The first-order valence-corrected chi connectivity index (χ1v) is 8.25. The zero-order valence-electron chi connectivity index (χ0n) is 14.7. The summed E-state index contributed by atoms with van der Waals surface area (Å²) in [5, 5.41) is 7.25. The van der Waals surface area contributed by atoms with Gasteiger partial charge in [-0.2, -0.15) is 5.10 Å². The Hall–Kier alpha value is -3.16. The number of ether oxygens (including phenoxy) is 1. The second kappa shape index (κ2) is 6.99. The second-order valence-corrected chi connectivity index (χ2v) is 6.16. The number of amides is 2. The van der Waals surface area contributed by atoms with Gasteiger partial charge in [0.1, 0.15) is 0 Å².